The standard InChI is InChI=1S/C12H14ClNO4/c1-3-17-10(15)7-18-12(16)14-11-8(2)5-4-6-9(11)13/h4-6H,3,7H2,1-2H3,(H,14,16). The van der Waals surface area contributed by atoms with Gasteiger partial charge in [0, 0.05) is 0 Å². The summed E-state index contributed by atoms with van der Waals surface area (Å²) in [4.78, 5) is 22.4. The van der Waals surface area contributed by atoms with Crippen molar-refractivity contribution in [1.29, 1.82) is 0 Å². The molecule has 1 amide bonds. The van der Waals surface area contributed by atoms with Crippen molar-refractivity contribution in [3.8, 4) is 0 Å². The summed E-state index contributed by atoms with van der Waals surface area (Å²) in [5.74, 6) is -0.594. The third-order valence-electron chi connectivity index (χ3n) is 2.08. The molecule has 18 heavy (non-hydrogen) atoms. The Hall–Kier alpha value is -1.75. The van der Waals surface area contributed by atoms with E-state index in [0.29, 0.717) is 10.7 Å². The fraction of sp³-hybridized carbons (Fsp3) is 0.333. The van der Waals surface area contributed by atoms with E-state index < -0.39 is 18.7 Å². The van der Waals surface area contributed by atoms with Gasteiger partial charge in [-0.05, 0) is 25.5 Å². The minimum Gasteiger partial charge on any atom is -0.463 e. The molecule has 0 bridgehead atoms. The minimum atomic E-state index is -0.751. The lowest BCUT2D eigenvalue weighted by Crippen LogP contribution is -2.20. The zero-order chi connectivity index (χ0) is 13.5. The Balaban J connectivity index is 2.52. The molecular formula is C12H14ClNO4. The maximum absolute atomic E-state index is 11.4. The van der Waals surface area contributed by atoms with Crippen LogP contribution in [0, 0.1) is 6.92 Å². The third kappa shape index (κ3) is 4.25. The number of aryl methyl sites for hydroxylation is 1. The van der Waals surface area contributed by atoms with Crippen LogP contribution >= 0.6 is 11.6 Å². The molecule has 98 valence electrons. The van der Waals surface area contributed by atoms with Crippen LogP contribution in [0.5, 0.6) is 0 Å². The summed E-state index contributed by atoms with van der Waals surface area (Å²) in [6, 6.07) is 5.22. The number of benzene rings is 1. The molecule has 0 aliphatic rings. The van der Waals surface area contributed by atoms with Crippen molar-refractivity contribution >= 4 is 29.4 Å². The summed E-state index contributed by atoms with van der Waals surface area (Å²) in [5, 5.41) is 2.88. The molecule has 0 aromatic heterocycles. The number of anilines is 1. The van der Waals surface area contributed by atoms with Crippen molar-refractivity contribution in [1.82, 2.24) is 0 Å². The van der Waals surface area contributed by atoms with E-state index in [0.717, 1.165) is 5.56 Å². The first kappa shape index (κ1) is 14.3. The molecule has 0 saturated carbocycles. The number of halogens is 1. The number of esters is 1. The molecule has 0 unspecified atom stereocenters. The van der Waals surface area contributed by atoms with Gasteiger partial charge in [-0.25, -0.2) is 9.59 Å². The van der Waals surface area contributed by atoms with Crippen LogP contribution in [-0.4, -0.2) is 25.3 Å². The highest BCUT2D eigenvalue weighted by Crippen LogP contribution is 2.25. The third-order valence-corrected chi connectivity index (χ3v) is 2.39. The van der Waals surface area contributed by atoms with Crippen molar-refractivity contribution in [3.63, 3.8) is 0 Å². The van der Waals surface area contributed by atoms with Crippen molar-refractivity contribution < 1.29 is 19.1 Å². The van der Waals surface area contributed by atoms with Gasteiger partial charge < -0.3 is 9.47 Å². The molecule has 6 heteroatoms. The number of para-hydroxylation sites is 1. The van der Waals surface area contributed by atoms with E-state index in [9.17, 15) is 9.59 Å². The van der Waals surface area contributed by atoms with Gasteiger partial charge >= 0.3 is 12.1 Å². The number of hydrogen-bond donors (Lipinski definition) is 1. The second-order valence-electron chi connectivity index (χ2n) is 3.44. The molecule has 1 aromatic rings. The maximum atomic E-state index is 11.4. The SMILES string of the molecule is CCOC(=O)COC(=O)Nc1c(C)cccc1Cl. The van der Waals surface area contributed by atoms with E-state index in [1.165, 1.54) is 0 Å². The second-order valence-corrected chi connectivity index (χ2v) is 3.85. The van der Waals surface area contributed by atoms with E-state index in [-0.39, 0.29) is 6.61 Å². The Morgan fingerprint density at radius 3 is 2.67 bits per heavy atom. The molecule has 5 nitrogen and oxygen atoms in total. The highest BCUT2D eigenvalue weighted by atomic mass is 35.5. The van der Waals surface area contributed by atoms with Gasteiger partial charge in [-0.1, -0.05) is 23.7 Å². The molecule has 0 aliphatic carbocycles. The largest absolute Gasteiger partial charge is 0.463 e. The first-order valence-corrected chi connectivity index (χ1v) is 5.77. The smallest absolute Gasteiger partial charge is 0.412 e. The van der Waals surface area contributed by atoms with Crippen LogP contribution in [-0.2, 0) is 14.3 Å². The lowest BCUT2D eigenvalue weighted by atomic mass is 10.2. The maximum Gasteiger partial charge on any atom is 0.412 e. The predicted octanol–water partition coefficient (Wildman–Crippen LogP) is 2.76. The van der Waals surface area contributed by atoms with Crippen LogP contribution < -0.4 is 5.32 Å². The predicted molar refractivity (Wildman–Crippen MR) is 67.8 cm³/mol. The molecule has 0 heterocycles. The molecular weight excluding hydrogens is 258 g/mol. The van der Waals surface area contributed by atoms with Gasteiger partial charge in [0.15, 0.2) is 6.61 Å². The first-order valence-electron chi connectivity index (χ1n) is 5.39. The molecule has 1 rings (SSSR count). The van der Waals surface area contributed by atoms with Crippen LogP contribution in [0.1, 0.15) is 12.5 Å². The number of carbonyl (C=O) groups excluding carboxylic acids is 2. The minimum absolute atomic E-state index is 0.243. The van der Waals surface area contributed by atoms with Gasteiger partial charge in [0.25, 0.3) is 0 Å². The second kappa shape index (κ2) is 6.86. The topological polar surface area (TPSA) is 64.6 Å². The van der Waals surface area contributed by atoms with Gasteiger partial charge in [-0.15, -0.1) is 0 Å². The zero-order valence-corrected chi connectivity index (χ0v) is 10.9. The van der Waals surface area contributed by atoms with Gasteiger partial charge in [0.05, 0.1) is 17.3 Å². The molecule has 0 saturated heterocycles. The Bertz CT molecular complexity index is 427. The summed E-state index contributed by atoms with van der Waals surface area (Å²) in [6.07, 6.45) is -0.751. The highest BCUT2D eigenvalue weighted by molar-refractivity contribution is 6.33. The van der Waals surface area contributed by atoms with Crippen LogP contribution in [0.3, 0.4) is 0 Å². The number of carbonyl (C=O) groups is 2. The number of amides is 1. The average Bonchev–Trinajstić information content (AvgIpc) is 2.32. The van der Waals surface area contributed by atoms with Crippen molar-refractivity contribution in [2.45, 2.75) is 13.8 Å². The molecule has 0 aliphatic heterocycles. The lowest BCUT2D eigenvalue weighted by molar-refractivity contribution is -0.146. The number of hydrogen-bond acceptors (Lipinski definition) is 4. The average molecular weight is 272 g/mol. The van der Waals surface area contributed by atoms with Crippen molar-refractivity contribution in [2.24, 2.45) is 0 Å². The van der Waals surface area contributed by atoms with Gasteiger partial charge in [-0.3, -0.25) is 5.32 Å². The Labute approximate surface area is 110 Å². The Morgan fingerprint density at radius 2 is 2.06 bits per heavy atom. The van der Waals surface area contributed by atoms with E-state index in [4.69, 9.17) is 11.6 Å². The number of nitrogens with one attached hydrogen (secondary N) is 1. The van der Waals surface area contributed by atoms with Gasteiger partial charge in [-0.2, -0.15) is 0 Å². The van der Waals surface area contributed by atoms with Crippen LogP contribution in [0.2, 0.25) is 5.02 Å². The monoisotopic (exact) mass is 271 g/mol. The van der Waals surface area contributed by atoms with Crippen molar-refractivity contribution in [3.05, 3.63) is 28.8 Å². The molecule has 1 aromatic carbocycles. The summed E-state index contributed by atoms with van der Waals surface area (Å²) >= 11 is 5.92. The van der Waals surface area contributed by atoms with Crippen LogP contribution in [0.4, 0.5) is 10.5 Å². The molecule has 0 spiro atoms. The number of ether oxygens (including phenoxy) is 2. The molecule has 1 N–H and O–H groups in total. The number of rotatable bonds is 4. The van der Waals surface area contributed by atoms with E-state index in [2.05, 4.69) is 14.8 Å². The van der Waals surface area contributed by atoms with Crippen molar-refractivity contribution in [2.75, 3.05) is 18.5 Å². The Kier molecular flexibility index (Phi) is 5.45. The first-order chi connectivity index (χ1) is 8.54. The quantitative estimate of drug-likeness (QED) is 0.855. The zero-order valence-electron chi connectivity index (χ0n) is 10.2. The summed E-state index contributed by atoms with van der Waals surface area (Å²) in [5.41, 5.74) is 1.27. The molecule has 0 atom stereocenters. The molecule has 0 radical (unpaired) electrons. The summed E-state index contributed by atoms with van der Waals surface area (Å²) < 4.78 is 9.31. The fourth-order valence-corrected chi connectivity index (χ4v) is 1.52. The summed E-state index contributed by atoms with van der Waals surface area (Å²) in [6.45, 7) is 3.29. The summed E-state index contributed by atoms with van der Waals surface area (Å²) in [7, 11) is 0. The Morgan fingerprint density at radius 1 is 1.33 bits per heavy atom. The van der Waals surface area contributed by atoms with Gasteiger partial charge in [0.1, 0.15) is 0 Å². The van der Waals surface area contributed by atoms with E-state index in [1.807, 2.05) is 0 Å². The lowest BCUT2D eigenvalue weighted by Gasteiger charge is -2.10. The van der Waals surface area contributed by atoms with E-state index in [1.54, 1.807) is 32.0 Å². The van der Waals surface area contributed by atoms with Crippen LogP contribution in [0.15, 0.2) is 18.2 Å². The normalized spacial score (nSPS) is 9.72. The van der Waals surface area contributed by atoms with Crippen LogP contribution in [0.25, 0.3) is 0 Å². The van der Waals surface area contributed by atoms with Gasteiger partial charge in [0.2, 0.25) is 0 Å². The molecule has 0 fully saturated rings. The fourth-order valence-electron chi connectivity index (χ4n) is 1.26. The van der Waals surface area contributed by atoms with E-state index >= 15 is 0 Å². The highest BCUT2D eigenvalue weighted by Gasteiger charge is 2.11.